The summed E-state index contributed by atoms with van der Waals surface area (Å²) in [5.74, 6) is 2.23. The number of aliphatic hydroxyl groups is 1. The van der Waals surface area contributed by atoms with Crippen molar-refractivity contribution in [3.63, 3.8) is 0 Å². The average Bonchev–Trinajstić information content (AvgIpc) is 3.11. The molecule has 0 saturated heterocycles. The zero-order valence-electron chi connectivity index (χ0n) is 11.3. The fraction of sp³-hybridized carbons (Fsp3) is 0.643. The molecule has 2 heterocycles. The van der Waals surface area contributed by atoms with Gasteiger partial charge < -0.3 is 15.4 Å². The first kappa shape index (κ1) is 12.1. The number of rotatable bonds is 2. The Labute approximate surface area is 117 Å². The molecule has 106 valence electrons. The number of hydrogen-bond acceptors (Lipinski definition) is 5. The highest BCUT2D eigenvalue weighted by atomic mass is 16.3. The van der Waals surface area contributed by atoms with Crippen molar-refractivity contribution in [2.75, 3.05) is 12.3 Å². The van der Waals surface area contributed by atoms with E-state index in [0.717, 1.165) is 18.5 Å². The Morgan fingerprint density at radius 2 is 2.00 bits per heavy atom. The van der Waals surface area contributed by atoms with Gasteiger partial charge in [-0.05, 0) is 43.4 Å². The van der Waals surface area contributed by atoms with E-state index in [1.165, 1.54) is 19.2 Å². The van der Waals surface area contributed by atoms with Gasteiger partial charge in [0, 0.05) is 12.6 Å². The first-order valence-corrected chi connectivity index (χ1v) is 7.33. The van der Waals surface area contributed by atoms with E-state index in [0.29, 0.717) is 41.7 Å². The summed E-state index contributed by atoms with van der Waals surface area (Å²) < 4.78 is 2.18. The molecule has 2 fully saturated rings. The summed E-state index contributed by atoms with van der Waals surface area (Å²) in [6.45, 7) is 0.327. The van der Waals surface area contributed by atoms with Gasteiger partial charge in [0.15, 0.2) is 11.5 Å². The molecule has 0 radical (unpaired) electrons. The Hall–Kier alpha value is -1.69. The maximum atomic E-state index is 9.48. The zero-order valence-corrected chi connectivity index (χ0v) is 11.3. The summed E-state index contributed by atoms with van der Waals surface area (Å²) in [5, 5.41) is 9.48. The molecule has 3 N–H and O–H groups in total. The topological polar surface area (TPSA) is 89.9 Å². The minimum Gasteiger partial charge on any atom is -0.396 e. The lowest BCUT2D eigenvalue weighted by molar-refractivity contribution is 0.185. The molecule has 6 nitrogen and oxygen atoms in total. The number of hydrogen-bond donors (Lipinski definition) is 2. The molecule has 0 unspecified atom stereocenters. The van der Waals surface area contributed by atoms with Gasteiger partial charge in [0.2, 0.25) is 0 Å². The Balaban J connectivity index is 1.72. The van der Waals surface area contributed by atoms with Crippen molar-refractivity contribution < 1.29 is 5.11 Å². The van der Waals surface area contributed by atoms with E-state index in [1.54, 1.807) is 0 Å². The second kappa shape index (κ2) is 4.41. The van der Waals surface area contributed by atoms with Crippen LogP contribution in [0.4, 0.5) is 5.82 Å². The summed E-state index contributed by atoms with van der Waals surface area (Å²) in [6, 6.07) is 0.441. The van der Waals surface area contributed by atoms with Crippen molar-refractivity contribution in [1.29, 1.82) is 0 Å². The molecular weight excluding hydrogens is 254 g/mol. The fourth-order valence-electron chi connectivity index (χ4n) is 4.37. The third-order valence-corrected chi connectivity index (χ3v) is 5.30. The van der Waals surface area contributed by atoms with Crippen LogP contribution >= 0.6 is 0 Å². The maximum Gasteiger partial charge on any atom is 0.165 e. The van der Waals surface area contributed by atoms with Gasteiger partial charge in [-0.3, -0.25) is 0 Å². The predicted octanol–water partition coefficient (Wildman–Crippen LogP) is 1.38. The second-order valence-electron chi connectivity index (χ2n) is 6.08. The van der Waals surface area contributed by atoms with Crippen LogP contribution in [0.3, 0.4) is 0 Å². The molecule has 4 rings (SSSR count). The molecule has 0 spiro atoms. The van der Waals surface area contributed by atoms with Crippen LogP contribution in [0.2, 0.25) is 0 Å². The molecule has 0 aromatic carbocycles. The number of imidazole rings is 1. The third-order valence-electron chi connectivity index (χ3n) is 5.30. The molecule has 0 aliphatic heterocycles. The van der Waals surface area contributed by atoms with Crippen LogP contribution in [0, 0.1) is 17.8 Å². The van der Waals surface area contributed by atoms with Gasteiger partial charge in [-0.25, -0.2) is 15.0 Å². The number of nitrogens with two attached hydrogens (primary N) is 1. The molecule has 2 aliphatic rings. The molecule has 4 atom stereocenters. The first-order chi connectivity index (χ1) is 9.79. The van der Waals surface area contributed by atoms with Crippen LogP contribution in [0.25, 0.3) is 11.2 Å². The smallest absolute Gasteiger partial charge is 0.165 e. The molecule has 0 amide bonds. The largest absolute Gasteiger partial charge is 0.396 e. The molecule has 2 aromatic rings. The monoisotopic (exact) mass is 273 g/mol. The van der Waals surface area contributed by atoms with Crippen LogP contribution in [0.5, 0.6) is 0 Å². The number of nitrogen functional groups attached to an aromatic ring is 1. The SMILES string of the molecule is Nc1ncnc2c1ncn2[C@H]1CC[C@@H]2[C@@H](CO)CC[C@@H]21. The standard InChI is InChI=1S/C14H19N5O/c15-13-12-14(17-6-16-13)19(7-18-12)11-4-3-9-8(5-20)1-2-10(9)11/h6-11,20H,1-5H2,(H2,15,16,17)/t8-,9-,10+,11+/m1/s1. The molecule has 20 heavy (non-hydrogen) atoms. The minimum atomic E-state index is 0.327. The van der Waals surface area contributed by atoms with Crippen molar-refractivity contribution in [3.8, 4) is 0 Å². The highest BCUT2D eigenvalue weighted by Gasteiger charge is 2.45. The Morgan fingerprint density at radius 3 is 2.85 bits per heavy atom. The summed E-state index contributed by atoms with van der Waals surface area (Å²) in [5.41, 5.74) is 7.40. The summed E-state index contributed by atoms with van der Waals surface area (Å²) in [4.78, 5) is 12.7. The number of nitrogens with zero attached hydrogens (tertiary/aromatic N) is 4. The predicted molar refractivity (Wildman–Crippen MR) is 74.8 cm³/mol. The van der Waals surface area contributed by atoms with E-state index in [1.807, 2.05) is 6.33 Å². The average molecular weight is 273 g/mol. The van der Waals surface area contributed by atoms with E-state index in [4.69, 9.17) is 5.73 Å². The molecule has 6 heteroatoms. The van der Waals surface area contributed by atoms with Gasteiger partial charge in [0.1, 0.15) is 11.8 Å². The summed E-state index contributed by atoms with van der Waals surface area (Å²) >= 11 is 0. The van der Waals surface area contributed by atoms with Crippen molar-refractivity contribution in [1.82, 2.24) is 19.5 Å². The zero-order chi connectivity index (χ0) is 13.7. The molecule has 2 aliphatic carbocycles. The highest BCUT2D eigenvalue weighted by molar-refractivity contribution is 5.81. The van der Waals surface area contributed by atoms with Gasteiger partial charge in [0.05, 0.1) is 6.33 Å². The Bertz CT molecular complexity index is 640. The number of aromatic nitrogens is 4. The number of fused-ring (bicyclic) bond motifs is 2. The molecule has 2 saturated carbocycles. The molecular formula is C14H19N5O. The van der Waals surface area contributed by atoms with Gasteiger partial charge in [-0.2, -0.15) is 0 Å². The minimum absolute atomic E-state index is 0.327. The van der Waals surface area contributed by atoms with Gasteiger partial charge >= 0.3 is 0 Å². The van der Waals surface area contributed by atoms with Crippen LogP contribution in [-0.2, 0) is 0 Å². The fourth-order valence-corrected chi connectivity index (χ4v) is 4.37. The van der Waals surface area contributed by atoms with Crippen molar-refractivity contribution >= 4 is 17.0 Å². The molecule has 0 bridgehead atoms. The van der Waals surface area contributed by atoms with E-state index < -0.39 is 0 Å². The van der Waals surface area contributed by atoms with Crippen LogP contribution in [0.1, 0.15) is 31.7 Å². The number of anilines is 1. The lowest BCUT2D eigenvalue weighted by Crippen LogP contribution is -2.17. The van der Waals surface area contributed by atoms with Gasteiger partial charge in [-0.1, -0.05) is 0 Å². The van der Waals surface area contributed by atoms with Crippen molar-refractivity contribution in [2.24, 2.45) is 17.8 Å². The van der Waals surface area contributed by atoms with E-state index in [2.05, 4.69) is 19.5 Å². The van der Waals surface area contributed by atoms with E-state index in [-0.39, 0.29) is 0 Å². The maximum absolute atomic E-state index is 9.48. The lowest BCUT2D eigenvalue weighted by atomic mass is 9.92. The van der Waals surface area contributed by atoms with Crippen LogP contribution < -0.4 is 5.73 Å². The lowest BCUT2D eigenvalue weighted by Gasteiger charge is -2.21. The summed E-state index contributed by atoms with van der Waals surface area (Å²) in [6.07, 6.45) is 8.04. The Morgan fingerprint density at radius 1 is 1.15 bits per heavy atom. The summed E-state index contributed by atoms with van der Waals surface area (Å²) in [7, 11) is 0. The third kappa shape index (κ3) is 1.57. The van der Waals surface area contributed by atoms with Crippen LogP contribution in [0.15, 0.2) is 12.7 Å². The van der Waals surface area contributed by atoms with E-state index in [9.17, 15) is 5.11 Å². The Kier molecular flexibility index (Phi) is 2.66. The van der Waals surface area contributed by atoms with Crippen LogP contribution in [-0.4, -0.2) is 31.2 Å². The molecule has 2 aromatic heterocycles. The number of aliphatic hydroxyl groups excluding tert-OH is 1. The van der Waals surface area contributed by atoms with Crippen molar-refractivity contribution in [2.45, 2.75) is 31.7 Å². The highest BCUT2D eigenvalue weighted by Crippen LogP contribution is 2.52. The van der Waals surface area contributed by atoms with Crippen molar-refractivity contribution in [3.05, 3.63) is 12.7 Å². The van der Waals surface area contributed by atoms with E-state index >= 15 is 0 Å². The first-order valence-electron chi connectivity index (χ1n) is 7.33. The normalized spacial score (nSPS) is 32.9. The second-order valence-corrected chi connectivity index (χ2v) is 6.08. The van der Waals surface area contributed by atoms with Gasteiger partial charge in [-0.15, -0.1) is 0 Å². The quantitative estimate of drug-likeness (QED) is 0.862. The van der Waals surface area contributed by atoms with Gasteiger partial charge in [0.25, 0.3) is 0 Å².